The van der Waals surface area contributed by atoms with Crippen LogP contribution in [0.3, 0.4) is 0 Å². The Kier molecular flexibility index (Phi) is 4.09. The number of allylic oxidation sites excluding steroid dienone is 1. The average Bonchev–Trinajstić information content (AvgIpc) is 2.78. The van der Waals surface area contributed by atoms with Gasteiger partial charge in [0.1, 0.15) is 0 Å². The van der Waals surface area contributed by atoms with Gasteiger partial charge in [-0.05, 0) is 0 Å². The predicted octanol–water partition coefficient (Wildman–Crippen LogP) is 1.92. The third-order valence-electron chi connectivity index (χ3n) is 2.22. The first-order chi connectivity index (χ1) is 8.25. The zero-order valence-electron chi connectivity index (χ0n) is 9.15. The lowest BCUT2D eigenvalue weighted by atomic mass is 9.91. The van der Waals surface area contributed by atoms with Gasteiger partial charge in [0.25, 0.3) is 0 Å². The maximum Gasteiger partial charge on any atom is 0.480 e. The van der Waals surface area contributed by atoms with Crippen molar-refractivity contribution in [3.05, 3.63) is 52.8 Å². The lowest BCUT2D eigenvalue weighted by molar-refractivity contribution is 0.424. The largest absolute Gasteiger partial charge is 0.480 e. The molecule has 0 spiro atoms. The van der Waals surface area contributed by atoms with Gasteiger partial charge in [0.05, 0.1) is 10.7 Å². The number of benzene rings is 1. The van der Waals surface area contributed by atoms with Gasteiger partial charge >= 0.3 is 7.12 Å². The van der Waals surface area contributed by atoms with Gasteiger partial charge in [-0.1, -0.05) is 42.4 Å². The molecule has 3 nitrogen and oxygen atoms in total. The van der Waals surface area contributed by atoms with E-state index in [0.717, 1.165) is 16.3 Å². The van der Waals surface area contributed by atoms with E-state index in [1.807, 2.05) is 35.7 Å². The summed E-state index contributed by atoms with van der Waals surface area (Å²) in [4.78, 5) is 4.48. The first kappa shape index (κ1) is 12.0. The van der Waals surface area contributed by atoms with Crippen LogP contribution in [0.25, 0.3) is 11.3 Å². The Bertz CT molecular complexity index is 496. The van der Waals surface area contributed by atoms with Crippen LogP contribution in [0.5, 0.6) is 0 Å². The van der Waals surface area contributed by atoms with Gasteiger partial charge in [-0.2, -0.15) is 0 Å². The fraction of sp³-hybridized carbons (Fsp3) is 0.0833. The summed E-state index contributed by atoms with van der Waals surface area (Å²) in [5.74, 6) is 1.34. The molecule has 5 heteroatoms. The lowest BCUT2D eigenvalue weighted by Gasteiger charge is -1.94. The number of hydrogen-bond acceptors (Lipinski definition) is 4. The van der Waals surface area contributed by atoms with E-state index < -0.39 is 7.12 Å². The molecule has 2 rings (SSSR count). The van der Waals surface area contributed by atoms with Gasteiger partial charge in [0.15, 0.2) is 0 Å². The molecule has 2 aromatic rings. The number of aromatic nitrogens is 1. The molecular weight excluding hydrogens is 233 g/mol. The Labute approximate surface area is 104 Å². The lowest BCUT2D eigenvalue weighted by Crippen LogP contribution is -2.05. The summed E-state index contributed by atoms with van der Waals surface area (Å²) >= 11 is 1.57. The zero-order chi connectivity index (χ0) is 12.1. The quantitative estimate of drug-likeness (QED) is 0.809. The van der Waals surface area contributed by atoms with E-state index in [4.69, 9.17) is 10.0 Å². The summed E-state index contributed by atoms with van der Waals surface area (Å²) in [6.07, 6.45) is 2.33. The summed E-state index contributed by atoms with van der Waals surface area (Å²) < 4.78 is 0. The van der Waals surface area contributed by atoms with Crippen LogP contribution in [0.1, 0.15) is 5.01 Å². The zero-order valence-corrected chi connectivity index (χ0v) is 9.97. The predicted molar refractivity (Wildman–Crippen MR) is 70.6 cm³/mol. The highest BCUT2D eigenvalue weighted by Gasteiger charge is 2.03. The van der Waals surface area contributed by atoms with E-state index in [-0.39, 0.29) is 0 Å². The van der Waals surface area contributed by atoms with E-state index in [1.165, 1.54) is 5.98 Å². The molecule has 0 aliphatic carbocycles. The topological polar surface area (TPSA) is 53.4 Å². The standard InChI is InChI=1S/C12H12BNO2S/c15-13(16)8-4-7-12-14-11(9-17-12)10-5-2-1-3-6-10/h1-6,8-9,15-16H,7H2/b8-4+. The summed E-state index contributed by atoms with van der Waals surface area (Å²) in [5, 5.41) is 20.3. The molecule has 0 saturated heterocycles. The van der Waals surface area contributed by atoms with Crippen LogP contribution < -0.4 is 0 Å². The van der Waals surface area contributed by atoms with Gasteiger partial charge < -0.3 is 10.0 Å². The molecule has 0 aliphatic heterocycles. The molecule has 0 unspecified atom stereocenters. The third kappa shape index (κ3) is 3.52. The summed E-state index contributed by atoms with van der Waals surface area (Å²) in [6.45, 7) is 0. The van der Waals surface area contributed by atoms with Crippen molar-refractivity contribution in [2.45, 2.75) is 6.42 Å². The van der Waals surface area contributed by atoms with Crippen molar-refractivity contribution in [1.82, 2.24) is 4.98 Å². The Morgan fingerprint density at radius 3 is 2.71 bits per heavy atom. The summed E-state index contributed by atoms with van der Waals surface area (Å²) in [6, 6.07) is 9.98. The van der Waals surface area contributed by atoms with Gasteiger partial charge in [-0.15, -0.1) is 11.3 Å². The molecule has 86 valence electrons. The van der Waals surface area contributed by atoms with Crippen molar-refractivity contribution < 1.29 is 10.0 Å². The second-order valence-electron chi connectivity index (χ2n) is 3.54. The number of thiazole rings is 1. The second kappa shape index (κ2) is 5.77. The maximum absolute atomic E-state index is 8.67. The minimum absolute atomic E-state index is 0.620. The summed E-state index contributed by atoms with van der Waals surface area (Å²) in [7, 11) is -1.39. The molecule has 0 radical (unpaired) electrons. The normalized spacial score (nSPS) is 10.9. The van der Waals surface area contributed by atoms with Gasteiger partial charge in [0, 0.05) is 17.4 Å². The van der Waals surface area contributed by atoms with Crippen molar-refractivity contribution in [1.29, 1.82) is 0 Å². The van der Waals surface area contributed by atoms with E-state index in [2.05, 4.69) is 4.98 Å². The highest BCUT2D eigenvalue weighted by Crippen LogP contribution is 2.21. The smallest absolute Gasteiger partial charge is 0.424 e. The average molecular weight is 245 g/mol. The van der Waals surface area contributed by atoms with Crippen LogP contribution in [0, 0.1) is 0 Å². The second-order valence-corrected chi connectivity index (χ2v) is 4.48. The Balaban J connectivity index is 2.06. The Hall–Kier alpha value is -1.43. The van der Waals surface area contributed by atoms with Crippen molar-refractivity contribution in [3.63, 3.8) is 0 Å². The van der Waals surface area contributed by atoms with Gasteiger partial charge in [0.2, 0.25) is 0 Å². The van der Waals surface area contributed by atoms with Crippen LogP contribution in [0.4, 0.5) is 0 Å². The molecule has 0 bridgehead atoms. The van der Waals surface area contributed by atoms with Crippen molar-refractivity contribution in [3.8, 4) is 11.3 Å². The van der Waals surface area contributed by atoms with Crippen LogP contribution in [0.2, 0.25) is 0 Å². The van der Waals surface area contributed by atoms with Crippen LogP contribution in [0.15, 0.2) is 47.8 Å². The van der Waals surface area contributed by atoms with Crippen molar-refractivity contribution in [2.24, 2.45) is 0 Å². The van der Waals surface area contributed by atoms with E-state index in [9.17, 15) is 0 Å². The molecule has 1 aromatic carbocycles. The third-order valence-corrected chi connectivity index (χ3v) is 3.09. The van der Waals surface area contributed by atoms with Crippen LogP contribution in [-0.4, -0.2) is 22.2 Å². The van der Waals surface area contributed by atoms with Gasteiger partial charge in [-0.25, -0.2) is 4.98 Å². The molecule has 1 heterocycles. The highest BCUT2D eigenvalue weighted by atomic mass is 32.1. The Morgan fingerprint density at radius 1 is 1.24 bits per heavy atom. The monoisotopic (exact) mass is 245 g/mol. The number of rotatable bonds is 4. The van der Waals surface area contributed by atoms with E-state index in [1.54, 1.807) is 17.4 Å². The summed E-state index contributed by atoms with van der Waals surface area (Å²) in [5.41, 5.74) is 2.06. The van der Waals surface area contributed by atoms with Crippen LogP contribution in [-0.2, 0) is 6.42 Å². The van der Waals surface area contributed by atoms with E-state index >= 15 is 0 Å². The first-order valence-corrected chi connectivity index (χ1v) is 6.16. The molecule has 0 amide bonds. The minimum atomic E-state index is -1.39. The molecule has 2 N–H and O–H groups in total. The molecule has 0 atom stereocenters. The van der Waals surface area contributed by atoms with Crippen molar-refractivity contribution in [2.75, 3.05) is 0 Å². The molecule has 1 aromatic heterocycles. The fourth-order valence-electron chi connectivity index (χ4n) is 1.44. The van der Waals surface area contributed by atoms with Crippen molar-refractivity contribution >= 4 is 18.5 Å². The molecule has 0 aliphatic rings. The number of hydrogen-bond donors (Lipinski definition) is 2. The number of nitrogens with zero attached hydrogens (tertiary/aromatic N) is 1. The molecule has 0 fully saturated rings. The van der Waals surface area contributed by atoms with Crippen LogP contribution >= 0.6 is 11.3 Å². The SMILES string of the molecule is OB(O)/C=C/Cc1nc(-c2ccccc2)cs1. The molecule has 17 heavy (non-hydrogen) atoms. The maximum atomic E-state index is 8.67. The fourth-order valence-corrected chi connectivity index (χ4v) is 2.22. The van der Waals surface area contributed by atoms with E-state index in [0.29, 0.717) is 6.42 Å². The molecule has 0 saturated carbocycles. The Morgan fingerprint density at radius 2 is 2.00 bits per heavy atom. The highest BCUT2D eigenvalue weighted by molar-refractivity contribution is 7.10. The van der Waals surface area contributed by atoms with Gasteiger partial charge in [-0.3, -0.25) is 0 Å². The molecular formula is C12H12BNO2S. The minimum Gasteiger partial charge on any atom is -0.424 e. The first-order valence-electron chi connectivity index (χ1n) is 5.28.